The highest BCUT2D eigenvalue weighted by Gasteiger charge is 2.34. The van der Waals surface area contributed by atoms with Gasteiger partial charge in [0.1, 0.15) is 5.82 Å². The van der Waals surface area contributed by atoms with Gasteiger partial charge in [0.25, 0.3) is 0 Å². The first-order chi connectivity index (χ1) is 18.7. The zero-order valence-corrected chi connectivity index (χ0v) is 23.8. The fourth-order valence-electron chi connectivity index (χ4n) is 6.22. The van der Waals surface area contributed by atoms with Crippen molar-refractivity contribution < 1.29 is 4.79 Å². The van der Waals surface area contributed by atoms with E-state index in [-0.39, 0.29) is 5.92 Å². The summed E-state index contributed by atoms with van der Waals surface area (Å²) in [7, 11) is 0. The number of benzene rings is 1. The third-order valence-corrected chi connectivity index (χ3v) is 8.51. The van der Waals surface area contributed by atoms with Crippen LogP contribution in [0.1, 0.15) is 108 Å². The molecule has 1 N–H and O–H groups in total. The number of piperidine rings is 1. The molecule has 2 aromatic rings. The lowest BCUT2D eigenvalue weighted by atomic mass is 9.79. The maximum Gasteiger partial charge on any atom is 0.226 e. The van der Waals surface area contributed by atoms with E-state index >= 15 is 0 Å². The van der Waals surface area contributed by atoms with Crippen LogP contribution in [0.4, 0.5) is 0 Å². The van der Waals surface area contributed by atoms with E-state index in [1.54, 1.807) is 0 Å². The smallest absolute Gasteiger partial charge is 0.226 e. The second-order valence-corrected chi connectivity index (χ2v) is 11.5. The third-order valence-electron chi connectivity index (χ3n) is 8.51. The molecule has 0 spiro atoms. The number of hydrogen-bond acceptors (Lipinski definition) is 3. The van der Waals surface area contributed by atoms with Crippen LogP contribution >= 0.6 is 0 Å². The second kappa shape index (κ2) is 15.1. The fourth-order valence-corrected chi connectivity index (χ4v) is 6.22. The summed E-state index contributed by atoms with van der Waals surface area (Å²) in [4.78, 5) is 26.4. The first-order valence-electron chi connectivity index (χ1n) is 15.2. The zero-order chi connectivity index (χ0) is 26.6. The summed E-state index contributed by atoms with van der Waals surface area (Å²) in [6.07, 6.45) is 17.6. The maximum atomic E-state index is 14.1. The molecule has 1 aromatic carbocycles. The van der Waals surface area contributed by atoms with E-state index in [0.29, 0.717) is 18.5 Å². The molecule has 1 saturated heterocycles. The Balaban J connectivity index is 1.41. The van der Waals surface area contributed by atoms with Crippen molar-refractivity contribution in [2.75, 3.05) is 13.1 Å². The van der Waals surface area contributed by atoms with E-state index in [1.165, 1.54) is 44.1 Å². The topological polar surface area (TPSA) is 52.2 Å². The average Bonchev–Trinajstić information content (AvgIpc) is 3.46. The van der Waals surface area contributed by atoms with Gasteiger partial charge in [0.2, 0.25) is 5.91 Å². The number of carbonyl (C=O) groups excluding carboxylic acids is 1. The van der Waals surface area contributed by atoms with Gasteiger partial charge >= 0.3 is 0 Å². The molecule has 2 heterocycles. The normalized spacial score (nSPS) is 20.6. The molecule has 0 atom stereocenters. The highest BCUT2D eigenvalue weighted by molar-refractivity contribution is 5.79. The van der Waals surface area contributed by atoms with Gasteiger partial charge in [-0.3, -0.25) is 9.69 Å². The number of nitrogens with zero attached hydrogens (tertiary/aromatic N) is 3. The van der Waals surface area contributed by atoms with E-state index in [1.807, 2.05) is 12.4 Å². The number of amides is 1. The third kappa shape index (κ3) is 8.46. The summed E-state index contributed by atoms with van der Waals surface area (Å²) < 4.78 is 0. The quantitative estimate of drug-likeness (QED) is 0.260. The zero-order valence-electron chi connectivity index (χ0n) is 23.8. The Morgan fingerprint density at radius 1 is 1.08 bits per heavy atom. The molecule has 1 aliphatic carbocycles. The average molecular weight is 517 g/mol. The number of H-pyrrole nitrogens is 1. The molecule has 1 saturated carbocycles. The SMILES string of the molecule is CCCC#Cc1cccc(CN(C(=O)[C@H]2CC[C@H](CCCCC)CC2)C2CCN(Cc3ncc[nH]3)CC2)c1. The van der Waals surface area contributed by atoms with Gasteiger partial charge in [-0.15, -0.1) is 0 Å². The van der Waals surface area contributed by atoms with Crippen LogP contribution in [0.25, 0.3) is 0 Å². The second-order valence-electron chi connectivity index (χ2n) is 11.5. The summed E-state index contributed by atoms with van der Waals surface area (Å²) in [6.45, 7) is 7.99. The van der Waals surface area contributed by atoms with Gasteiger partial charge in [0.15, 0.2) is 0 Å². The Kier molecular flexibility index (Phi) is 11.3. The van der Waals surface area contributed by atoms with Crippen molar-refractivity contribution in [1.82, 2.24) is 19.8 Å². The van der Waals surface area contributed by atoms with Crippen molar-refractivity contribution >= 4 is 5.91 Å². The molecule has 2 fully saturated rings. The number of aromatic amines is 1. The van der Waals surface area contributed by atoms with Crippen LogP contribution in [0.5, 0.6) is 0 Å². The minimum absolute atomic E-state index is 0.186. The molecule has 1 aliphatic heterocycles. The molecule has 5 nitrogen and oxygen atoms in total. The van der Waals surface area contributed by atoms with E-state index < -0.39 is 0 Å². The standard InChI is InChI=1S/C33H48N4O/c1-3-5-7-10-27-14-16-30(17-15-27)33(38)37(25-29-13-9-12-28(24-29)11-8-6-4-2)31-18-22-36(23-19-31)26-32-34-20-21-35-32/h9,12-13,20-21,24,27,30-31H,3-7,10,14-19,22-23,25-26H2,1-2H3,(H,34,35)/t27-,30-. The first kappa shape index (κ1) is 28.4. The van der Waals surface area contributed by atoms with E-state index in [9.17, 15) is 4.79 Å². The van der Waals surface area contributed by atoms with Crippen molar-refractivity contribution in [3.63, 3.8) is 0 Å². The lowest BCUT2D eigenvalue weighted by Crippen LogP contribution is -2.49. The molecule has 2 aliphatic rings. The van der Waals surface area contributed by atoms with Crippen molar-refractivity contribution in [1.29, 1.82) is 0 Å². The number of rotatable bonds is 11. The molecule has 206 valence electrons. The van der Waals surface area contributed by atoms with Crippen molar-refractivity contribution in [2.45, 2.75) is 110 Å². The van der Waals surface area contributed by atoms with Gasteiger partial charge in [-0.25, -0.2) is 4.98 Å². The molecule has 1 amide bonds. The molecular weight excluding hydrogens is 468 g/mol. The van der Waals surface area contributed by atoms with Crippen LogP contribution in [0, 0.1) is 23.7 Å². The Morgan fingerprint density at radius 2 is 1.89 bits per heavy atom. The van der Waals surface area contributed by atoms with Gasteiger partial charge in [-0.05, 0) is 68.6 Å². The van der Waals surface area contributed by atoms with Gasteiger partial charge < -0.3 is 9.88 Å². The lowest BCUT2D eigenvalue weighted by molar-refractivity contribution is -0.141. The number of nitrogens with one attached hydrogen (secondary N) is 1. The predicted octanol–water partition coefficient (Wildman–Crippen LogP) is 6.94. The molecule has 1 aromatic heterocycles. The number of imidazole rings is 1. The van der Waals surface area contributed by atoms with Crippen LogP contribution in [-0.4, -0.2) is 44.8 Å². The maximum absolute atomic E-state index is 14.1. The highest BCUT2D eigenvalue weighted by atomic mass is 16.2. The van der Waals surface area contributed by atoms with Gasteiger partial charge in [0.05, 0.1) is 6.54 Å². The number of unbranched alkanes of at least 4 members (excludes halogenated alkanes) is 3. The predicted molar refractivity (Wildman–Crippen MR) is 155 cm³/mol. The Labute approximate surface area is 230 Å². The molecule has 0 radical (unpaired) electrons. The van der Waals surface area contributed by atoms with E-state index in [2.05, 4.69) is 69.7 Å². The summed E-state index contributed by atoms with van der Waals surface area (Å²) in [6, 6.07) is 8.85. The Hall–Kier alpha value is -2.58. The van der Waals surface area contributed by atoms with Crippen LogP contribution in [0.2, 0.25) is 0 Å². The van der Waals surface area contributed by atoms with Gasteiger partial charge in [0, 0.05) is 56.0 Å². The first-order valence-corrected chi connectivity index (χ1v) is 15.2. The van der Waals surface area contributed by atoms with Gasteiger partial charge in [-0.2, -0.15) is 0 Å². The Bertz CT molecular complexity index is 1020. The molecule has 38 heavy (non-hydrogen) atoms. The van der Waals surface area contributed by atoms with Crippen LogP contribution in [-0.2, 0) is 17.9 Å². The monoisotopic (exact) mass is 516 g/mol. The molecule has 5 heteroatoms. The van der Waals surface area contributed by atoms with Crippen molar-refractivity contribution in [3.05, 3.63) is 53.6 Å². The van der Waals surface area contributed by atoms with Crippen LogP contribution in [0.3, 0.4) is 0 Å². The van der Waals surface area contributed by atoms with E-state index in [0.717, 1.165) is 75.5 Å². The number of aromatic nitrogens is 2. The minimum atomic E-state index is 0.186. The summed E-state index contributed by atoms with van der Waals surface area (Å²) in [5.41, 5.74) is 2.26. The molecule has 0 unspecified atom stereocenters. The summed E-state index contributed by atoms with van der Waals surface area (Å²) >= 11 is 0. The van der Waals surface area contributed by atoms with Crippen molar-refractivity contribution in [2.24, 2.45) is 11.8 Å². The van der Waals surface area contributed by atoms with Crippen LogP contribution < -0.4 is 0 Å². The number of carbonyl (C=O) groups is 1. The highest BCUT2D eigenvalue weighted by Crippen LogP contribution is 2.34. The number of likely N-dealkylation sites (tertiary alicyclic amines) is 1. The molecular formula is C33H48N4O. The van der Waals surface area contributed by atoms with Crippen molar-refractivity contribution in [3.8, 4) is 11.8 Å². The Morgan fingerprint density at radius 3 is 2.61 bits per heavy atom. The van der Waals surface area contributed by atoms with E-state index in [4.69, 9.17) is 0 Å². The molecule has 0 bridgehead atoms. The molecule has 4 rings (SSSR count). The summed E-state index contributed by atoms with van der Waals surface area (Å²) in [5, 5.41) is 0. The number of hydrogen-bond donors (Lipinski definition) is 1. The van der Waals surface area contributed by atoms with Gasteiger partial charge in [-0.1, -0.05) is 63.5 Å². The lowest BCUT2D eigenvalue weighted by Gasteiger charge is -2.41. The van der Waals surface area contributed by atoms with Crippen LogP contribution in [0.15, 0.2) is 36.7 Å². The minimum Gasteiger partial charge on any atom is -0.348 e. The fraction of sp³-hybridized carbons (Fsp3) is 0.636. The summed E-state index contributed by atoms with van der Waals surface area (Å²) in [5.74, 6) is 9.01. The largest absolute Gasteiger partial charge is 0.348 e.